The second-order valence-corrected chi connectivity index (χ2v) is 5.44. The van der Waals surface area contributed by atoms with Crippen LogP contribution in [0.1, 0.15) is 37.4 Å². The van der Waals surface area contributed by atoms with E-state index >= 15 is 0 Å². The van der Waals surface area contributed by atoms with Crippen molar-refractivity contribution >= 4 is 5.69 Å². The Morgan fingerprint density at radius 2 is 2.05 bits per heavy atom. The van der Waals surface area contributed by atoms with Crippen LogP contribution in [-0.2, 0) is 4.74 Å². The van der Waals surface area contributed by atoms with E-state index in [4.69, 9.17) is 4.74 Å². The molecule has 1 fully saturated rings. The number of ether oxygens (including phenoxy) is 1. The number of benzene rings is 1. The maximum absolute atomic E-state index is 13.9. The molecule has 1 aromatic rings. The summed E-state index contributed by atoms with van der Waals surface area (Å²) in [5, 5.41) is 3.45. The molecule has 0 spiro atoms. The number of nitrogens with one attached hydrogen (secondary N) is 1. The molecular formula is C16H25FN2O. The van der Waals surface area contributed by atoms with Gasteiger partial charge in [0.05, 0.1) is 13.2 Å². The Bertz CT molecular complexity index is 444. The third-order valence-electron chi connectivity index (χ3n) is 3.83. The first kappa shape index (κ1) is 15.3. The molecule has 0 aromatic heterocycles. The van der Waals surface area contributed by atoms with Crippen molar-refractivity contribution in [3.8, 4) is 0 Å². The van der Waals surface area contributed by atoms with E-state index in [0.717, 1.165) is 50.5 Å². The molecule has 1 saturated heterocycles. The fraction of sp³-hybridized carbons (Fsp3) is 0.625. The van der Waals surface area contributed by atoms with E-state index in [1.165, 1.54) is 0 Å². The summed E-state index contributed by atoms with van der Waals surface area (Å²) in [5.74, 6) is -0.123. The lowest BCUT2D eigenvalue weighted by atomic mass is 10.0. The summed E-state index contributed by atoms with van der Waals surface area (Å²) in [6.45, 7) is 10.2. The minimum absolute atomic E-state index is 0.123. The van der Waals surface area contributed by atoms with Crippen LogP contribution in [0.2, 0.25) is 0 Å². The average molecular weight is 280 g/mol. The molecule has 1 aliphatic rings. The van der Waals surface area contributed by atoms with Crippen molar-refractivity contribution in [2.45, 2.75) is 33.2 Å². The van der Waals surface area contributed by atoms with Crippen molar-refractivity contribution in [1.82, 2.24) is 5.32 Å². The topological polar surface area (TPSA) is 24.5 Å². The molecule has 0 amide bonds. The Morgan fingerprint density at radius 1 is 1.35 bits per heavy atom. The Kier molecular flexibility index (Phi) is 5.38. The van der Waals surface area contributed by atoms with Gasteiger partial charge in [0.2, 0.25) is 0 Å². The summed E-state index contributed by atoms with van der Waals surface area (Å²) in [7, 11) is 0. The Labute approximate surface area is 121 Å². The number of nitrogens with zero attached hydrogens (tertiary/aromatic N) is 1. The van der Waals surface area contributed by atoms with E-state index in [1.807, 2.05) is 13.0 Å². The number of hydrogen-bond acceptors (Lipinski definition) is 3. The quantitative estimate of drug-likeness (QED) is 0.897. The van der Waals surface area contributed by atoms with Crippen LogP contribution in [0.3, 0.4) is 0 Å². The molecular weight excluding hydrogens is 255 g/mol. The van der Waals surface area contributed by atoms with Gasteiger partial charge >= 0.3 is 0 Å². The van der Waals surface area contributed by atoms with Crippen LogP contribution >= 0.6 is 0 Å². The number of anilines is 1. The summed E-state index contributed by atoms with van der Waals surface area (Å²) in [6, 6.07) is 3.82. The molecule has 0 bridgehead atoms. The second-order valence-electron chi connectivity index (χ2n) is 5.44. The van der Waals surface area contributed by atoms with Crippen LogP contribution in [0.15, 0.2) is 12.1 Å². The molecule has 4 heteroatoms. The number of rotatable bonds is 5. The lowest BCUT2D eigenvalue weighted by molar-refractivity contribution is 0.122. The predicted molar refractivity (Wildman–Crippen MR) is 80.9 cm³/mol. The first-order chi connectivity index (χ1) is 9.63. The van der Waals surface area contributed by atoms with Crippen molar-refractivity contribution in [2.75, 3.05) is 37.7 Å². The first-order valence-corrected chi connectivity index (χ1v) is 7.49. The van der Waals surface area contributed by atoms with Crippen molar-refractivity contribution in [3.63, 3.8) is 0 Å². The molecule has 1 unspecified atom stereocenters. The van der Waals surface area contributed by atoms with E-state index in [2.05, 4.69) is 24.1 Å². The maximum Gasteiger partial charge on any atom is 0.126 e. The monoisotopic (exact) mass is 280 g/mol. The third-order valence-corrected chi connectivity index (χ3v) is 3.83. The largest absolute Gasteiger partial charge is 0.378 e. The van der Waals surface area contributed by atoms with E-state index in [0.29, 0.717) is 5.56 Å². The highest BCUT2D eigenvalue weighted by Gasteiger charge is 2.19. The van der Waals surface area contributed by atoms with Gasteiger partial charge in [-0.15, -0.1) is 0 Å². The lowest BCUT2D eigenvalue weighted by Crippen LogP contribution is -2.37. The van der Waals surface area contributed by atoms with Gasteiger partial charge in [-0.2, -0.15) is 0 Å². The van der Waals surface area contributed by atoms with Crippen molar-refractivity contribution < 1.29 is 9.13 Å². The molecule has 20 heavy (non-hydrogen) atoms. The van der Waals surface area contributed by atoms with Crippen LogP contribution in [0.4, 0.5) is 10.1 Å². The number of hydrogen-bond donors (Lipinski definition) is 1. The normalized spacial score (nSPS) is 17.3. The van der Waals surface area contributed by atoms with Gasteiger partial charge in [-0.05, 0) is 50.1 Å². The first-order valence-electron chi connectivity index (χ1n) is 7.49. The van der Waals surface area contributed by atoms with Crippen LogP contribution in [0.25, 0.3) is 0 Å². The lowest BCUT2D eigenvalue weighted by Gasteiger charge is -2.32. The molecule has 112 valence electrons. The fourth-order valence-electron chi connectivity index (χ4n) is 2.58. The van der Waals surface area contributed by atoms with Crippen LogP contribution in [0, 0.1) is 12.7 Å². The fourth-order valence-corrected chi connectivity index (χ4v) is 2.58. The molecule has 0 radical (unpaired) electrons. The SMILES string of the molecule is CCCNC(C)c1cc(F)c(C)cc1N1CCOCC1. The van der Waals surface area contributed by atoms with E-state index < -0.39 is 0 Å². The molecule has 1 atom stereocenters. The van der Waals surface area contributed by atoms with Crippen molar-refractivity contribution in [1.29, 1.82) is 0 Å². The van der Waals surface area contributed by atoms with Gasteiger partial charge in [-0.25, -0.2) is 4.39 Å². The van der Waals surface area contributed by atoms with Gasteiger partial charge < -0.3 is 15.0 Å². The Hall–Kier alpha value is -1.13. The van der Waals surface area contributed by atoms with Crippen LogP contribution in [-0.4, -0.2) is 32.8 Å². The molecule has 0 saturated carbocycles. The molecule has 3 nitrogen and oxygen atoms in total. The molecule has 1 heterocycles. The average Bonchev–Trinajstić information content (AvgIpc) is 2.48. The van der Waals surface area contributed by atoms with E-state index in [-0.39, 0.29) is 11.9 Å². The highest BCUT2D eigenvalue weighted by atomic mass is 19.1. The van der Waals surface area contributed by atoms with Gasteiger partial charge in [0.1, 0.15) is 5.82 Å². The number of halogens is 1. The van der Waals surface area contributed by atoms with Crippen molar-refractivity contribution in [2.24, 2.45) is 0 Å². The third kappa shape index (κ3) is 3.49. The summed E-state index contributed by atoms with van der Waals surface area (Å²) < 4.78 is 19.3. The van der Waals surface area contributed by atoms with Crippen LogP contribution in [0.5, 0.6) is 0 Å². The van der Waals surface area contributed by atoms with Gasteiger partial charge in [0.15, 0.2) is 0 Å². The predicted octanol–water partition coefficient (Wildman–Crippen LogP) is 3.03. The molecule has 0 aliphatic carbocycles. The van der Waals surface area contributed by atoms with Crippen LogP contribution < -0.4 is 10.2 Å². The number of aryl methyl sites for hydroxylation is 1. The van der Waals surface area contributed by atoms with Gasteiger partial charge in [-0.1, -0.05) is 6.92 Å². The highest BCUT2D eigenvalue weighted by molar-refractivity contribution is 5.57. The smallest absolute Gasteiger partial charge is 0.126 e. The minimum Gasteiger partial charge on any atom is -0.378 e. The summed E-state index contributed by atoms with van der Waals surface area (Å²) >= 11 is 0. The number of morpholine rings is 1. The van der Waals surface area contributed by atoms with E-state index in [1.54, 1.807) is 6.07 Å². The zero-order valence-electron chi connectivity index (χ0n) is 12.7. The summed E-state index contributed by atoms with van der Waals surface area (Å²) in [5.41, 5.74) is 2.89. The van der Waals surface area contributed by atoms with E-state index in [9.17, 15) is 4.39 Å². The summed E-state index contributed by atoms with van der Waals surface area (Å²) in [6.07, 6.45) is 1.07. The van der Waals surface area contributed by atoms with Gasteiger partial charge in [0.25, 0.3) is 0 Å². The highest BCUT2D eigenvalue weighted by Crippen LogP contribution is 2.30. The Morgan fingerprint density at radius 3 is 2.70 bits per heavy atom. The van der Waals surface area contributed by atoms with Crippen molar-refractivity contribution in [3.05, 3.63) is 29.1 Å². The van der Waals surface area contributed by atoms with Gasteiger partial charge in [-0.3, -0.25) is 0 Å². The Balaban J connectivity index is 2.29. The molecule has 1 aromatic carbocycles. The second kappa shape index (κ2) is 7.04. The molecule has 1 N–H and O–H groups in total. The molecule has 1 aliphatic heterocycles. The molecule has 2 rings (SSSR count). The zero-order valence-corrected chi connectivity index (χ0v) is 12.7. The zero-order chi connectivity index (χ0) is 14.5. The minimum atomic E-state index is -0.123. The maximum atomic E-state index is 13.9. The standard InChI is InChI=1S/C16H25FN2O/c1-4-5-18-13(3)14-11-15(17)12(2)10-16(14)19-6-8-20-9-7-19/h10-11,13,18H,4-9H2,1-3H3. The summed E-state index contributed by atoms with van der Waals surface area (Å²) in [4.78, 5) is 2.30. The van der Waals surface area contributed by atoms with Gasteiger partial charge in [0, 0.05) is 24.8 Å².